The number of carbonyl (C=O) groups is 1. The lowest BCUT2D eigenvalue weighted by Gasteiger charge is -2.09. The van der Waals surface area contributed by atoms with Crippen LogP contribution in [0.5, 0.6) is 5.75 Å². The summed E-state index contributed by atoms with van der Waals surface area (Å²) in [5.74, 6) is 0.470. The van der Waals surface area contributed by atoms with Gasteiger partial charge in [0, 0.05) is 17.3 Å². The number of aliphatic hydroxyl groups is 1. The Morgan fingerprint density at radius 1 is 1.30 bits per heavy atom. The maximum Gasteiger partial charge on any atom is 0.255 e. The van der Waals surface area contributed by atoms with Gasteiger partial charge in [0.05, 0.1) is 25.1 Å². The van der Waals surface area contributed by atoms with E-state index in [0.29, 0.717) is 23.4 Å². The first-order valence-electron chi connectivity index (χ1n) is 6.32. The van der Waals surface area contributed by atoms with E-state index < -0.39 is 0 Å². The molecule has 5 nitrogen and oxygen atoms in total. The second-order valence-corrected chi connectivity index (χ2v) is 4.10. The van der Waals surface area contributed by atoms with Crippen LogP contribution in [0.25, 0.3) is 0 Å². The molecule has 1 aromatic carbocycles. The van der Waals surface area contributed by atoms with Gasteiger partial charge in [-0.25, -0.2) is 0 Å². The Morgan fingerprint density at radius 3 is 2.70 bits per heavy atom. The molecule has 2 rings (SSSR count). The van der Waals surface area contributed by atoms with E-state index in [9.17, 15) is 9.90 Å². The number of aromatic nitrogens is 1. The Kier molecular flexibility index (Phi) is 4.68. The standard InChI is InChI=1S/C15H16N2O3/c1-2-20-13-5-3-11(4-6-13)15(19)17-14-9-16-8-7-12(14)10-18/h3-9,18H,2,10H2,1H3,(H,17,19). The third kappa shape index (κ3) is 3.33. The summed E-state index contributed by atoms with van der Waals surface area (Å²) in [7, 11) is 0. The van der Waals surface area contributed by atoms with Crippen LogP contribution in [0.3, 0.4) is 0 Å². The fourth-order valence-corrected chi connectivity index (χ4v) is 1.74. The first-order valence-corrected chi connectivity index (χ1v) is 6.32. The lowest BCUT2D eigenvalue weighted by Crippen LogP contribution is -2.13. The van der Waals surface area contributed by atoms with Crippen LogP contribution in [0, 0.1) is 0 Å². The molecule has 104 valence electrons. The van der Waals surface area contributed by atoms with Crippen LogP contribution in [-0.4, -0.2) is 22.6 Å². The molecule has 1 amide bonds. The zero-order valence-electron chi connectivity index (χ0n) is 11.2. The number of rotatable bonds is 5. The van der Waals surface area contributed by atoms with Gasteiger partial charge in [0.1, 0.15) is 5.75 Å². The van der Waals surface area contributed by atoms with Gasteiger partial charge in [-0.05, 0) is 37.3 Å². The van der Waals surface area contributed by atoms with E-state index >= 15 is 0 Å². The molecule has 0 aliphatic carbocycles. The molecule has 0 fully saturated rings. The van der Waals surface area contributed by atoms with Crippen molar-refractivity contribution in [3.63, 3.8) is 0 Å². The number of anilines is 1. The van der Waals surface area contributed by atoms with Gasteiger partial charge in [-0.15, -0.1) is 0 Å². The van der Waals surface area contributed by atoms with Crippen LogP contribution < -0.4 is 10.1 Å². The molecule has 1 aromatic heterocycles. The molecule has 2 aromatic rings. The van der Waals surface area contributed by atoms with E-state index in [-0.39, 0.29) is 12.5 Å². The van der Waals surface area contributed by atoms with Gasteiger partial charge in [0.25, 0.3) is 5.91 Å². The minimum absolute atomic E-state index is 0.151. The van der Waals surface area contributed by atoms with E-state index in [1.807, 2.05) is 6.92 Å². The topological polar surface area (TPSA) is 71.5 Å². The van der Waals surface area contributed by atoms with Gasteiger partial charge < -0.3 is 15.2 Å². The Bertz CT molecular complexity index is 582. The van der Waals surface area contributed by atoms with Crippen LogP contribution in [0.4, 0.5) is 5.69 Å². The van der Waals surface area contributed by atoms with Crippen molar-refractivity contribution in [1.82, 2.24) is 4.98 Å². The highest BCUT2D eigenvalue weighted by Gasteiger charge is 2.09. The second-order valence-electron chi connectivity index (χ2n) is 4.10. The fourth-order valence-electron chi connectivity index (χ4n) is 1.74. The van der Waals surface area contributed by atoms with Crippen molar-refractivity contribution in [3.8, 4) is 5.75 Å². The molecule has 5 heteroatoms. The molecular formula is C15H16N2O3. The van der Waals surface area contributed by atoms with E-state index in [0.717, 1.165) is 5.75 Å². The summed E-state index contributed by atoms with van der Waals surface area (Å²) < 4.78 is 5.32. The number of nitrogens with zero attached hydrogens (tertiary/aromatic N) is 1. The van der Waals surface area contributed by atoms with Crippen molar-refractivity contribution in [3.05, 3.63) is 53.9 Å². The average Bonchev–Trinajstić information content (AvgIpc) is 2.49. The molecule has 0 aliphatic heterocycles. The largest absolute Gasteiger partial charge is 0.494 e. The minimum atomic E-state index is -0.254. The quantitative estimate of drug-likeness (QED) is 0.875. The van der Waals surface area contributed by atoms with Crippen molar-refractivity contribution >= 4 is 11.6 Å². The van der Waals surface area contributed by atoms with Crippen LogP contribution in [-0.2, 0) is 6.61 Å². The summed E-state index contributed by atoms with van der Waals surface area (Å²) in [4.78, 5) is 16.0. The molecule has 0 atom stereocenters. The first-order chi connectivity index (χ1) is 9.74. The Morgan fingerprint density at radius 2 is 2.05 bits per heavy atom. The fraction of sp³-hybridized carbons (Fsp3) is 0.200. The number of hydrogen-bond donors (Lipinski definition) is 2. The second kappa shape index (κ2) is 6.68. The number of pyridine rings is 1. The van der Waals surface area contributed by atoms with Crippen LogP contribution >= 0.6 is 0 Å². The number of ether oxygens (including phenoxy) is 1. The summed E-state index contributed by atoms with van der Waals surface area (Å²) in [6.07, 6.45) is 3.08. The highest BCUT2D eigenvalue weighted by Crippen LogP contribution is 2.16. The Labute approximate surface area is 117 Å². The molecule has 0 spiro atoms. The zero-order chi connectivity index (χ0) is 14.4. The van der Waals surface area contributed by atoms with E-state index in [2.05, 4.69) is 10.3 Å². The van der Waals surface area contributed by atoms with E-state index in [1.165, 1.54) is 6.20 Å². The number of aliphatic hydroxyl groups excluding tert-OH is 1. The molecule has 0 bridgehead atoms. The molecular weight excluding hydrogens is 256 g/mol. The van der Waals surface area contributed by atoms with Gasteiger partial charge >= 0.3 is 0 Å². The molecule has 0 unspecified atom stereocenters. The number of nitrogens with one attached hydrogen (secondary N) is 1. The highest BCUT2D eigenvalue weighted by atomic mass is 16.5. The van der Waals surface area contributed by atoms with Gasteiger partial charge in [-0.3, -0.25) is 9.78 Å². The van der Waals surface area contributed by atoms with Crippen molar-refractivity contribution < 1.29 is 14.6 Å². The smallest absolute Gasteiger partial charge is 0.255 e. The van der Waals surface area contributed by atoms with Gasteiger partial charge in [0.2, 0.25) is 0 Å². The maximum atomic E-state index is 12.1. The number of carbonyl (C=O) groups excluding carboxylic acids is 1. The third-order valence-electron chi connectivity index (χ3n) is 2.76. The predicted octanol–water partition coefficient (Wildman–Crippen LogP) is 2.22. The monoisotopic (exact) mass is 272 g/mol. The van der Waals surface area contributed by atoms with Crippen molar-refractivity contribution in [1.29, 1.82) is 0 Å². The minimum Gasteiger partial charge on any atom is -0.494 e. The van der Waals surface area contributed by atoms with Crippen LogP contribution in [0.2, 0.25) is 0 Å². The SMILES string of the molecule is CCOc1ccc(C(=O)Nc2cnccc2CO)cc1. The highest BCUT2D eigenvalue weighted by molar-refractivity contribution is 6.04. The lowest BCUT2D eigenvalue weighted by atomic mass is 10.2. The number of hydrogen-bond acceptors (Lipinski definition) is 4. The first kappa shape index (κ1) is 14.0. The normalized spacial score (nSPS) is 10.1. The molecule has 0 saturated heterocycles. The Hall–Kier alpha value is -2.40. The zero-order valence-corrected chi connectivity index (χ0v) is 11.2. The molecule has 0 saturated carbocycles. The van der Waals surface area contributed by atoms with Crippen molar-refractivity contribution in [2.75, 3.05) is 11.9 Å². The van der Waals surface area contributed by atoms with E-state index in [1.54, 1.807) is 36.5 Å². The van der Waals surface area contributed by atoms with Crippen molar-refractivity contribution in [2.24, 2.45) is 0 Å². The number of benzene rings is 1. The average molecular weight is 272 g/mol. The molecule has 2 N–H and O–H groups in total. The van der Waals surface area contributed by atoms with Crippen molar-refractivity contribution in [2.45, 2.75) is 13.5 Å². The van der Waals surface area contributed by atoms with Crippen LogP contribution in [0.15, 0.2) is 42.7 Å². The van der Waals surface area contributed by atoms with Gasteiger partial charge in [-0.2, -0.15) is 0 Å². The molecule has 1 heterocycles. The summed E-state index contributed by atoms with van der Waals surface area (Å²) in [6, 6.07) is 8.53. The molecule has 0 aliphatic rings. The summed E-state index contributed by atoms with van der Waals surface area (Å²) in [5.41, 5.74) is 1.65. The third-order valence-corrected chi connectivity index (χ3v) is 2.76. The van der Waals surface area contributed by atoms with E-state index in [4.69, 9.17) is 4.74 Å². The lowest BCUT2D eigenvalue weighted by molar-refractivity contribution is 0.102. The van der Waals surface area contributed by atoms with Crippen LogP contribution in [0.1, 0.15) is 22.8 Å². The molecule has 20 heavy (non-hydrogen) atoms. The maximum absolute atomic E-state index is 12.1. The Balaban J connectivity index is 2.11. The number of amides is 1. The predicted molar refractivity (Wildman–Crippen MR) is 75.7 cm³/mol. The summed E-state index contributed by atoms with van der Waals surface area (Å²) in [6.45, 7) is 2.34. The molecule has 0 radical (unpaired) electrons. The summed E-state index contributed by atoms with van der Waals surface area (Å²) >= 11 is 0. The van der Waals surface area contributed by atoms with Gasteiger partial charge in [0.15, 0.2) is 0 Å². The van der Waals surface area contributed by atoms with Gasteiger partial charge in [-0.1, -0.05) is 0 Å². The summed E-state index contributed by atoms with van der Waals surface area (Å²) in [5, 5.41) is 11.9.